The molecule has 0 aliphatic rings. The lowest BCUT2D eigenvalue weighted by molar-refractivity contribution is -0.384. The molecular weight excluding hydrogens is 250 g/mol. The van der Waals surface area contributed by atoms with Gasteiger partial charge < -0.3 is 10.0 Å². The van der Waals surface area contributed by atoms with Crippen molar-refractivity contribution < 1.29 is 14.8 Å². The molecule has 1 rings (SSSR count). The Morgan fingerprint density at radius 3 is 2.68 bits per heavy atom. The van der Waals surface area contributed by atoms with Crippen molar-refractivity contribution in [2.24, 2.45) is 0 Å². The standard InChI is InChI=1S/C12H17N3O4/c1-4-5-8(2)14(3)11-10(15(18)19)7-6-9(13-11)12(16)17/h6-8H,4-5H2,1-3H3,(H,16,17). The molecule has 7 nitrogen and oxygen atoms in total. The molecule has 1 aromatic heterocycles. The lowest BCUT2D eigenvalue weighted by Gasteiger charge is -2.25. The predicted octanol–water partition coefficient (Wildman–Crippen LogP) is 2.31. The Hall–Kier alpha value is -2.18. The number of aromatic nitrogens is 1. The Labute approximate surface area is 111 Å². The first kappa shape index (κ1) is 14.9. The van der Waals surface area contributed by atoms with Crippen LogP contribution in [0, 0.1) is 10.1 Å². The number of nitrogens with zero attached hydrogens (tertiary/aromatic N) is 3. The molecule has 0 amide bonds. The smallest absolute Gasteiger partial charge is 0.354 e. The third kappa shape index (κ3) is 3.40. The first-order valence-corrected chi connectivity index (χ1v) is 6.00. The molecule has 0 aromatic carbocycles. The van der Waals surface area contributed by atoms with E-state index in [1.165, 1.54) is 6.07 Å². The fourth-order valence-electron chi connectivity index (χ4n) is 1.78. The summed E-state index contributed by atoms with van der Waals surface area (Å²) < 4.78 is 0. The normalized spacial score (nSPS) is 11.9. The maximum absolute atomic E-state index is 11.0. The van der Waals surface area contributed by atoms with Crippen molar-refractivity contribution in [2.45, 2.75) is 32.7 Å². The van der Waals surface area contributed by atoms with E-state index in [-0.39, 0.29) is 23.2 Å². The first-order chi connectivity index (χ1) is 8.88. The van der Waals surface area contributed by atoms with E-state index in [9.17, 15) is 14.9 Å². The van der Waals surface area contributed by atoms with Crippen LogP contribution < -0.4 is 4.90 Å². The van der Waals surface area contributed by atoms with Crippen molar-refractivity contribution in [3.63, 3.8) is 0 Å². The molecular formula is C12H17N3O4. The van der Waals surface area contributed by atoms with E-state index in [2.05, 4.69) is 4.98 Å². The molecule has 19 heavy (non-hydrogen) atoms. The zero-order chi connectivity index (χ0) is 14.6. The highest BCUT2D eigenvalue weighted by molar-refractivity contribution is 5.86. The molecule has 1 aromatic rings. The second-order valence-corrected chi connectivity index (χ2v) is 4.35. The molecule has 0 fully saturated rings. The summed E-state index contributed by atoms with van der Waals surface area (Å²) in [5.41, 5.74) is -0.383. The SMILES string of the molecule is CCCC(C)N(C)c1nc(C(=O)O)ccc1[N+](=O)[O-]. The Bertz CT molecular complexity index is 490. The maximum atomic E-state index is 11.0. The Morgan fingerprint density at radius 2 is 2.21 bits per heavy atom. The molecule has 104 valence electrons. The van der Waals surface area contributed by atoms with E-state index in [0.29, 0.717) is 0 Å². The number of pyridine rings is 1. The zero-order valence-corrected chi connectivity index (χ0v) is 11.2. The third-order valence-electron chi connectivity index (χ3n) is 2.97. The largest absolute Gasteiger partial charge is 0.477 e. The summed E-state index contributed by atoms with van der Waals surface area (Å²) in [5.74, 6) is -1.11. The average Bonchev–Trinajstić information content (AvgIpc) is 2.37. The minimum atomic E-state index is -1.20. The summed E-state index contributed by atoms with van der Waals surface area (Å²) in [6.45, 7) is 3.93. The highest BCUT2D eigenvalue weighted by Crippen LogP contribution is 2.27. The number of aromatic carboxylic acids is 1. The van der Waals surface area contributed by atoms with E-state index in [1.54, 1.807) is 11.9 Å². The van der Waals surface area contributed by atoms with Gasteiger partial charge in [-0.15, -0.1) is 0 Å². The van der Waals surface area contributed by atoms with E-state index < -0.39 is 10.9 Å². The molecule has 1 atom stereocenters. The van der Waals surface area contributed by atoms with Gasteiger partial charge in [0.25, 0.3) is 0 Å². The van der Waals surface area contributed by atoms with Gasteiger partial charge in [-0.3, -0.25) is 10.1 Å². The van der Waals surface area contributed by atoms with E-state index in [1.807, 2.05) is 13.8 Å². The van der Waals surface area contributed by atoms with Gasteiger partial charge in [-0.1, -0.05) is 13.3 Å². The summed E-state index contributed by atoms with van der Waals surface area (Å²) in [4.78, 5) is 26.9. The third-order valence-corrected chi connectivity index (χ3v) is 2.97. The van der Waals surface area contributed by atoms with Crippen LogP contribution in [0.15, 0.2) is 12.1 Å². The first-order valence-electron chi connectivity index (χ1n) is 6.00. The second kappa shape index (κ2) is 6.12. The van der Waals surface area contributed by atoms with E-state index in [0.717, 1.165) is 18.9 Å². The number of carboxylic acid groups (broad SMARTS) is 1. The molecule has 0 saturated carbocycles. The van der Waals surface area contributed by atoms with Crippen molar-refractivity contribution >= 4 is 17.5 Å². The van der Waals surface area contributed by atoms with Crippen LogP contribution in [0.25, 0.3) is 0 Å². The van der Waals surface area contributed by atoms with Crippen molar-refractivity contribution in [3.8, 4) is 0 Å². The highest BCUT2D eigenvalue weighted by Gasteiger charge is 2.23. The van der Waals surface area contributed by atoms with Crippen LogP contribution in [0.3, 0.4) is 0 Å². The predicted molar refractivity (Wildman–Crippen MR) is 70.6 cm³/mol. The van der Waals surface area contributed by atoms with Gasteiger partial charge in [0.05, 0.1) is 4.92 Å². The van der Waals surface area contributed by atoms with Gasteiger partial charge in [-0.25, -0.2) is 9.78 Å². The van der Waals surface area contributed by atoms with Gasteiger partial charge in [0.15, 0.2) is 5.69 Å². The van der Waals surface area contributed by atoms with Gasteiger partial charge in [-0.2, -0.15) is 0 Å². The summed E-state index contributed by atoms with van der Waals surface area (Å²) in [7, 11) is 1.68. The number of hydrogen-bond donors (Lipinski definition) is 1. The molecule has 0 saturated heterocycles. The Kier molecular flexibility index (Phi) is 4.80. The summed E-state index contributed by atoms with van der Waals surface area (Å²) in [6, 6.07) is 2.36. The Balaban J connectivity index is 3.24. The number of rotatable bonds is 6. The van der Waals surface area contributed by atoms with Crippen molar-refractivity contribution in [3.05, 3.63) is 27.9 Å². The fraction of sp³-hybridized carbons (Fsp3) is 0.500. The van der Waals surface area contributed by atoms with Crippen LogP contribution >= 0.6 is 0 Å². The number of anilines is 1. The number of carboxylic acids is 1. The summed E-state index contributed by atoms with van der Waals surface area (Å²) in [6.07, 6.45) is 1.77. The van der Waals surface area contributed by atoms with Gasteiger partial charge in [0.2, 0.25) is 5.82 Å². The van der Waals surface area contributed by atoms with E-state index in [4.69, 9.17) is 5.11 Å². The van der Waals surface area contributed by atoms with Crippen LogP contribution in [0.5, 0.6) is 0 Å². The summed E-state index contributed by atoms with van der Waals surface area (Å²) >= 11 is 0. The van der Waals surface area contributed by atoms with Crippen LogP contribution in [-0.4, -0.2) is 34.1 Å². The molecule has 1 N–H and O–H groups in total. The number of nitro groups is 1. The quantitative estimate of drug-likeness (QED) is 0.627. The van der Waals surface area contributed by atoms with E-state index >= 15 is 0 Å². The zero-order valence-electron chi connectivity index (χ0n) is 11.2. The van der Waals surface area contributed by atoms with Crippen LogP contribution in [0.1, 0.15) is 37.2 Å². The van der Waals surface area contributed by atoms with Crippen LogP contribution in [-0.2, 0) is 0 Å². The molecule has 1 heterocycles. The van der Waals surface area contributed by atoms with Crippen molar-refractivity contribution in [1.82, 2.24) is 4.98 Å². The van der Waals surface area contributed by atoms with Crippen molar-refractivity contribution in [1.29, 1.82) is 0 Å². The van der Waals surface area contributed by atoms with Crippen molar-refractivity contribution in [2.75, 3.05) is 11.9 Å². The maximum Gasteiger partial charge on any atom is 0.354 e. The lowest BCUT2D eigenvalue weighted by Crippen LogP contribution is -2.30. The second-order valence-electron chi connectivity index (χ2n) is 4.35. The lowest BCUT2D eigenvalue weighted by atomic mass is 10.1. The molecule has 7 heteroatoms. The molecule has 0 aliphatic carbocycles. The molecule has 0 aliphatic heterocycles. The summed E-state index contributed by atoms with van der Waals surface area (Å²) in [5, 5.41) is 19.9. The topological polar surface area (TPSA) is 96.6 Å². The van der Waals surface area contributed by atoms with Gasteiger partial charge in [0, 0.05) is 19.2 Å². The minimum Gasteiger partial charge on any atom is -0.477 e. The van der Waals surface area contributed by atoms with Crippen LogP contribution in [0.4, 0.5) is 11.5 Å². The highest BCUT2D eigenvalue weighted by atomic mass is 16.6. The van der Waals surface area contributed by atoms with Gasteiger partial charge in [-0.05, 0) is 19.4 Å². The number of hydrogen-bond acceptors (Lipinski definition) is 5. The molecule has 1 unspecified atom stereocenters. The van der Waals surface area contributed by atoms with Gasteiger partial charge >= 0.3 is 11.7 Å². The number of carbonyl (C=O) groups is 1. The monoisotopic (exact) mass is 267 g/mol. The molecule has 0 radical (unpaired) electrons. The Morgan fingerprint density at radius 1 is 1.58 bits per heavy atom. The molecule has 0 spiro atoms. The average molecular weight is 267 g/mol. The van der Waals surface area contributed by atoms with Crippen LogP contribution in [0.2, 0.25) is 0 Å². The fourth-order valence-corrected chi connectivity index (χ4v) is 1.78. The van der Waals surface area contributed by atoms with Gasteiger partial charge in [0.1, 0.15) is 0 Å². The molecule has 0 bridgehead atoms. The minimum absolute atomic E-state index is 0.0419.